The molecule has 0 aliphatic heterocycles. The Balaban J connectivity index is 4.05. The van der Waals surface area contributed by atoms with E-state index in [1.165, 1.54) is 0 Å². The molecule has 2 heteroatoms. The lowest BCUT2D eigenvalue weighted by atomic mass is 10.4. The molecule has 8 heavy (non-hydrogen) atoms. The standard InChI is InChI=1S/C6H8N2/c1-3-4-6(5-7)8-2/h3-5,7H,1-2H2/b6-4-,7-5?. The zero-order valence-electron chi connectivity index (χ0n) is 4.59. The summed E-state index contributed by atoms with van der Waals surface area (Å²) < 4.78 is 0. The average Bonchev–Trinajstić information content (AvgIpc) is 1.83. The van der Waals surface area contributed by atoms with E-state index in [0.29, 0.717) is 5.70 Å². The van der Waals surface area contributed by atoms with E-state index in [-0.39, 0.29) is 0 Å². The number of rotatable bonds is 3. The Morgan fingerprint density at radius 1 is 1.62 bits per heavy atom. The Morgan fingerprint density at radius 3 is 2.38 bits per heavy atom. The van der Waals surface area contributed by atoms with Crippen LogP contribution in [0.25, 0.3) is 0 Å². The van der Waals surface area contributed by atoms with Gasteiger partial charge in [-0.2, -0.15) is 0 Å². The van der Waals surface area contributed by atoms with Crippen molar-refractivity contribution in [2.45, 2.75) is 0 Å². The first-order valence-corrected chi connectivity index (χ1v) is 2.15. The fraction of sp³-hybridized carbons (Fsp3) is 0. The van der Waals surface area contributed by atoms with Crippen molar-refractivity contribution < 1.29 is 0 Å². The lowest BCUT2D eigenvalue weighted by Gasteiger charge is -1.81. The molecular formula is C6H8N2. The molecule has 0 aromatic rings. The highest BCUT2D eigenvalue weighted by Crippen LogP contribution is 1.87. The van der Waals surface area contributed by atoms with Crippen molar-refractivity contribution in [2.24, 2.45) is 4.99 Å². The Kier molecular flexibility index (Phi) is 3.40. The number of allylic oxidation sites excluding steroid dienone is 3. The molecule has 0 radical (unpaired) electrons. The van der Waals surface area contributed by atoms with Crippen molar-refractivity contribution in [3.63, 3.8) is 0 Å². The van der Waals surface area contributed by atoms with Crippen molar-refractivity contribution in [3.8, 4) is 0 Å². The lowest BCUT2D eigenvalue weighted by Crippen LogP contribution is -1.73. The van der Waals surface area contributed by atoms with E-state index < -0.39 is 0 Å². The Bertz CT molecular complexity index is 123. The minimum Gasteiger partial charge on any atom is -0.307 e. The van der Waals surface area contributed by atoms with Crippen molar-refractivity contribution in [3.05, 3.63) is 24.4 Å². The molecule has 1 N–H and O–H groups in total. The SMILES string of the molecule is C=C/C=C(/C=N)N=C. The van der Waals surface area contributed by atoms with Crippen LogP contribution in [-0.4, -0.2) is 12.9 Å². The fourth-order valence-electron chi connectivity index (χ4n) is 0.267. The first-order chi connectivity index (χ1) is 3.85. The summed E-state index contributed by atoms with van der Waals surface area (Å²) in [6, 6.07) is 0. The third kappa shape index (κ3) is 2.08. The Labute approximate surface area is 48.8 Å². The fourth-order valence-corrected chi connectivity index (χ4v) is 0.267. The van der Waals surface area contributed by atoms with Gasteiger partial charge in [-0.3, -0.25) is 4.99 Å². The molecule has 0 saturated carbocycles. The molecule has 0 aliphatic rings. The van der Waals surface area contributed by atoms with Crippen LogP contribution in [0.3, 0.4) is 0 Å². The minimum absolute atomic E-state index is 0.528. The van der Waals surface area contributed by atoms with Gasteiger partial charge < -0.3 is 5.41 Å². The minimum atomic E-state index is 0.528. The molecule has 0 bridgehead atoms. The molecule has 0 rings (SSSR count). The third-order valence-electron chi connectivity index (χ3n) is 0.619. The molecule has 0 amide bonds. The molecule has 0 spiro atoms. The summed E-state index contributed by atoms with van der Waals surface area (Å²) in [5.74, 6) is 0. The second kappa shape index (κ2) is 3.99. The number of hydrogen-bond acceptors (Lipinski definition) is 2. The van der Waals surface area contributed by atoms with Gasteiger partial charge in [0.2, 0.25) is 0 Å². The summed E-state index contributed by atoms with van der Waals surface area (Å²) in [4.78, 5) is 3.49. The summed E-state index contributed by atoms with van der Waals surface area (Å²) in [7, 11) is 0. The second-order valence-electron chi connectivity index (χ2n) is 1.13. The monoisotopic (exact) mass is 108 g/mol. The highest BCUT2D eigenvalue weighted by molar-refractivity contribution is 5.76. The van der Waals surface area contributed by atoms with Crippen LogP contribution in [0.2, 0.25) is 0 Å². The summed E-state index contributed by atoms with van der Waals surface area (Å²) in [5, 5.41) is 6.69. The van der Waals surface area contributed by atoms with Crippen molar-refractivity contribution in [1.29, 1.82) is 5.41 Å². The maximum absolute atomic E-state index is 6.69. The molecule has 2 nitrogen and oxygen atoms in total. The average molecular weight is 108 g/mol. The zero-order chi connectivity index (χ0) is 6.41. The van der Waals surface area contributed by atoms with Gasteiger partial charge in [0.15, 0.2) is 0 Å². The highest BCUT2D eigenvalue weighted by atomic mass is 14.7. The quantitative estimate of drug-likeness (QED) is 0.419. The predicted molar refractivity (Wildman–Crippen MR) is 36.6 cm³/mol. The van der Waals surface area contributed by atoms with Crippen LogP contribution < -0.4 is 0 Å². The zero-order valence-corrected chi connectivity index (χ0v) is 4.59. The summed E-state index contributed by atoms with van der Waals surface area (Å²) in [5.41, 5.74) is 0.528. The smallest absolute Gasteiger partial charge is 0.0797 e. The van der Waals surface area contributed by atoms with E-state index in [9.17, 15) is 0 Å². The van der Waals surface area contributed by atoms with E-state index in [0.717, 1.165) is 6.21 Å². The van der Waals surface area contributed by atoms with Gasteiger partial charge in [-0.15, -0.1) is 0 Å². The van der Waals surface area contributed by atoms with Gasteiger partial charge in [-0.05, 0) is 12.8 Å². The first kappa shape index (κ1) is 6.82. The number of aliphatic imine (C=N–C) groups is 1. The van der Waals surface area contributed by atoms with E-state index in [1.807, 2.05) is 0 Å². The Hall–Kier alpha value is -1.18. The van der Waals surface area contributed by atoms with Crippen LogP contribution in [0, 0.1) is 5.41 Å². The molecule has 0 heterocycles. The lowest BCUT2D eigenvalue weighted by molar-refractivity contribution is 1.45. The van der Waals surface area contributed by atoms with Crippen LogP contribution in [-0.2, 0) is 0 Å². The Morgan fingerprint density at radius 2 is 2.25 bits per heavy atom. The molecule has 0 atom stereocenters. The van der Waals surface area contributed by atoms with Gasteiger partial charge in [-0.25, -0.2) is 0 Å². The van der Waals surface area contributed by atoms with Crippen molar-refractivity contribution in [1.82, 2.24) is 0 Å². The van der Waals surface area contributed by atoms with Crippen LogP contribution >= 0.6 is 0 Å². The first-order valence-electron chi connectivity index (χ1n) is 2.15. The van der Waals surface area contributed by atoms with Gasteiger partial charge in [0.05, 0.1) is 5.70 Å². The summed E-state index contributed by atoms with van der Waals surface area (Å²) in [6.45, 7) is 6.66. The van der Waals surface area contributed by atoms with Gasteiger partial charge in [0, 0.05) is 6.21 Å². The van der Waals surface area contributed by atoms with Crippen molar-refractivity contribution >= 4 is 12.9 Å². The van der Waals surface area contributed by atoms with Crippen LogP contribution in [0.4, 0.5) is 0 Å². The maximum Gasteiger partial charge on any atom is 0.0797 e. The predicted octanol–water partition coefficient (Wildman–Crippen LogP) is 1.41. The summed E-state index contributed by atoms with van der Waals surface area (Å²) in [6.07, 6.45) is 4.30. The van der Waals surface area contributed by atoms with Gasteiger partial charge >= 0.3 is 0 Å². The van der Waals surface area contributed by atoms with Crippen LogP contribution in [0.15, 0.2) is 29.4 Å². The maximum atomic E-state index is 6.69. The van der Waals surface area contributed by atoms with Gasteiger partial charge in [0.1, 0.15) is 0 Å². The molecule has 0 aromatic heterocycles. The van der Waals surface area contributed by atoms with Crippen molar-refractivity contribution in [2.75, 3.05) is 0 Å². The second-order valence-corrected chi connectivity index (χ2v) is 1.13. The molecule has 0 fully saturated rings. The van der Waals surface area contributed by atoms with Gasteiger partial charge in [-0.1, -0.05) is 12.7 Å². The molecule has 0 aromatic carbocycles. The summed E-state index contributed by atoms with van der Waals surface area (Å²) >= 11 is 0. The molecular weight excluding hydrogens is 100 g/mol. The number of nitrogens with zero attached hydrogens (tertiary/aromatic N) is 1. The molecule has 0 unspecified atom stereocenters. The van der Waals surface area contributed by atoms with E-state index >= 15 is 0 Å². The van der Waals surface area contributed by atoms with Crippen LogP contribution in [0.5, 0.6) is 0 Å². The van der Waals surface area contributed by atoms with E-state index in [1.54, 1.807) is 12.2 Å². The third-order valence-corrected chi connectivity index (χ3v) is 0.619. The normalized spacial score (nSPS) is 10.2. The number of nitrogens with one attached hydrogen (secondary N) is 1. The van der Waals surface area contributed by atoms with Gasteiger partial charge in [0.25, 0.3) is 0 Å². The molecule has 0 aliphatic carbocycles. The number of hydrogen-bond donors (Lipinski definition) is 1. The van der Waals surface area contributed by atoms with Crippen LogP contribution in [0.1, 0.15) is 0 Å². The highest BCUT2D eigenvalue weighted by Gasteiger charge is 1.77. The molecule has 0 saturated heterocycles. The van der Waals surface area contributed by atoms with E-state index in [4.69, 9.17) is 5.41 Å². The largest absolute Gasteiger partial charge is 0.307 e. The topological polar surface area (TPSA) is 36.2 Å². The molecule has 42 valence electrons. The van der Waals surface area contributed by atoms with E-state index in [2.05, 4.69) is 18.3 Å².